The van der Waals surface area contributed by atoms with Gasteiger partial charge in [-0.1, -0.05) is 32.4 Å². The maximum absolute atomic E-state index is 6.22. The molecule has 2 unspecified atom stereocenters. The molecule has 0 aromatic heterocycles. The Morgan fingerprint density at radius 3 is 3.00 bits per heavy atom. The zero-order chi connectivity index (χ0) is 11.5. The Morgan fingerprint density at radius 1 is 1.44 bits per heavy atom. The number of hydrogen-bond donors (Lipinski definition) is 1. The number of fused-ring (bicyclic) bond motifs is 1. The molecule has 1 heterocycles. The zero-order valence-corrected chi connectivity index (χ0v) is 10.2. The van der Waals surface area contributed by atoms with Crippen LogP contribution in [-0.2, 0) is 6.42 Å². The largest absolute Gasteiger partial charge is 0.493 e. The van der Waals surface area contributed by atoms with Gasteiger partial charge in [0.25, 0.3) is 0 Å². The minimum absolute atomic E-state index is 0.167. The van der Waals surface area contributed by atoms with Crippen LogP contribution in [0.4, 0.5) is 0 Å². The van der Waals surface area contributed by atoms with Gasteiger partial charge in [0.1, 0.15) is 5.75 Å². The van der Waals surface area contributed by atoms with Crippen molar-refractivity contribution in [2.24, 2.45) is 11.7 Å². The lowest BCUT2D eigenvalue weighted by Crippen LogP contribution is -2.13. The molecule has 1 aliphatic heterocycles. The van der Waals surface area contributed by atoms with Crippen molar-refractivity contribution in [3.63, 3.8) is 0 Å². The Labute approximate surface area is 97.8 Å². The molecule has 0 saturated carbocycles. The lowest BCUT2D eigenvalue weighted by atomic mass is 9.94. The lowest BCUT2D eigenvalue weighted by molar-refractivity contribution is 0.356. The van der Waals surface area contributed by atoms with Gasteiger partial charge in [0.05, 0.1) is 6.61 Å². The molecule has 0 spiro atoms. The molecule has 1 aliphatic rings. The third kappa shape index (κ3) is 2.38. The molecule has 0 bridgehead atoms. The molecule has 0 saturated heterocycles. The standard InChI is InChI=1S/C14H21NO/c1-3-10(2)8-13(15)11-4-5-14-12(9-11)6-7-16-14/h4-5,9-10,13H,3,6-8,15H2,1-2H3. The first-order valence-electron chi connectivity index (χ1n) is 6.22. The van der Waals surface area contributed by atoms with Gasteiger partial charge in [0.2, 0.25) is 0 Å². The van der Waals surface area contributed by atoms with Crippen molar-refractivity contribution in [2.45, 2.75) is 39.2 Å². The average Bonchev–Trinajstić information content (AvgIpc) is 2.75. The lowest BCUT2D eigenvalue weighted by Gasteiger charge is -2.16. The summed E-state index contributed by atoms with van der Waals surface area (Å²) in [4.78, 5) is 0. The summed E-state index contributed by atoms with van der Waals surface area (Å²) in [5.74, 6) is 1.74. The number of hydrogen-bond acceptors (Lipinski definition) is 2. The topological polar surface area (TPSA) is 35.2 Å². The Bertz CT molecular complexity index is 362. The van der Waals surface area contributed by atoms with E-state index in [0.29, 0.717) is 5.92 Å². The van der Waals surface area contributed by atoms with E-state index < -0.39 is 0 Å². The van der Waals surface area contributed by atoms with E-state index in [1.54, 1.807) is 0 Å². The van der Waals surface area contributed by atoms with Crippen molar-refractivity contribution in [2.75, 3.05) is 6.61 Å². The molecule has 2 heteroatoms. The van der Waals surface area contributed by atoms with E-state index >= 15 is 0 Å². The highest BCUT2D eigenvalue weighted by Gasteiger charge is 2.15. The predicted octanol–water partition coefficient (Wildman–Crippen LogP) is 3.06. The summed E-state index contributed by atoms with van der Waals surface area (Å²) < 4.78 is 5.49. The summed E-state index contributed by atoms with van der Waals surface area (Å²) in [6, 6.07) is 6.56. The maximum atomic E-state index is 6.22. The van der Waals surface area contributed by atoms with Gasteiger partial charge in [-0.25, -0.2) is 0 Å². The van der Waals surface area contributed by atoms with Crippen LogP contribution < -0.4 is 10.5 Å². The third-order valence-electron chi connectivity index (χ3n) is 3.49. The molecule has 0 amide bonds. The predicted molar refractivity (Wildman–Crippen MR) is 66.6 cm³/mol. The van der Waals surface area contributed by atoms with Crippen molar-refractivity contribution >= 4 is 0 Å². The summed E-state index contributed by atoms with van der Waals surface area (Å²) in [6.45, 7) is 5.30. The minimum atomic E-state index is 0.167. The third-order valence-corrected chi connectivity index (χ3v) is 3.49. The second-order valence-electron chi connectivity index (χ2n) is 4.82. The second kappa shape index (κ2) is 4.88. The SMILES string of the molecule is CCC(C)CC(N)c1ccc2c(c1)CCO2. The molecule has 2 N–H and O–H groups in total. The van der Waals surface area contributed by atoms with Gasteiger partial charge in [0.15, 0.2) is 0 Å². The van der Waals surface area contributed by atoms with Crippen LogP contribution in [0.1, 0.15) is 43.9 Å². The van der Waals surface area contributed by atoms with Crippen LogP contribution in [0.15, 0.2) is 18.2 Å². The second-order valence-corrected chi connectivity index (χ2v) is 4.82. The number of nitrogens with two attached hydrogens (primary N) is 1. The van der Waals surface area contributed by atoms with Gasteiger partial charge >= 0.3 is 0 Å². The van der Waals surface area contributed by atoms with E-state index in [9.17, 15) is 0 Å². The number of ether oxygens (including phenoxy) is 1. The van der Waals surface area contributed by atoms with Crippen LogP contribution in [-0.4, -0.2) is 6.61 Å². The van der Waals surface area contributed by atoms with Crippen LogP contribution in [0.5, 0.6) is 5.75 Å². The van der Waals surface area contributed by atoms with Crippen LogP contribution >= 0.6 is 0 Å². The summed E-state index contributed by atoms with van der Waals surface area (Å²) in [5, 5.41) is 0. The molecule has 1 aromatic carbocycles. The van der Waals surface area contributed by atoms with Crippen LogP contribution in [0.25, 0.3) is 0 Å². The fourth-order valence-corrected chi connectivity index (χ4v) is 2.17. The van der Waals surface area contributed by atoms with E-state index in [2.05, 4.69) is 32.0 Å². The van der Waals surface area contributed by atoms with Gasteiger partial charge in [-0.2, -0.15) is 0 Å². The van der Waals surface area contributed by atoms with E-state index in [-0.39, 0.29) is 6.04 Å². The van der Waals surface area contributed by atoms with Crippen molar-refractivity contribution in [3.05, 3.63) is 29.3 Å². The minimum Gasteiger partial charge on any atom is -0.493 e. The zero-order valence-electron chi connectivity index (χ0n) is 10.2. The Morgan fingerprint density at radius 2 is 2.25 bits per heavy atom. The Balaban J connectivity index is 2.09. The smallest absolute Gasteiger partial charge is 0.122 e. The summed E-state index contributed by atoms with van der Waals surface area (Å²) in [6.07, 6.45) is 3.29. The van der Waals surface area contributed by atoms with Gasteiger partial charge in [-0.05, 0) is 29.5 Å². The summed E-state index contributed by atoms with van der Waals surface area (Å²) in [7, 11) is 0. The molecule has 16 heavy (non-hydrogen) atoms. The van der Waals surface area contributed by atoms with E-state index in [0.717, 1.165) is 25.2 Å². The van der Waals surface area contributed by atoms with E-state index in [1.165, 1.54) is 17.5 Å². The average molecular weight is 219 g/mol. The van der Waals surface area contributed by atoms with Gasteiger partial charge in [-0.3, -0.25) is 0 Å². The first-order valence-corrected chi connectivity index (χ1v) is 6.22. The van der Waals surface area contributed by atoms with Crippen molar-refractivity contribution in [1.29, 1.82) is 0 Å². The fourth-order valence-electron chi connectivity index (χ4n) is 2.17. The molecule has 0 fully saturated rings. The first kappa shape index (κ1) is 11.5. The van der Waals surface area contributed by atoms with Crippen molar-refractivity contribution in [1.82, 2.24) is 0 Å². The molecule has 88 valence electrons. The fraction of sp³-hybridized carbons (Fsp3) is 0.571. The van der Waals surface area contributed by atoms with Gasteiger partial charge in [0, 0.05) is 12.5 Å². The highest BCUT2D eigenvalue weighted by molar-refractivity contribution is 5.40. The van der Waals surface area contributed by atoms with E-state index in [4.69, 9.17) is 10.5 Å². The maximum Gasteiger partial charge on any atom is 0.122 e. The summed E-state index contributed by atoms with van der Waals surface area (Å²) in [5.41, 5.74) is 8.80. The molecule has 2 rings (SSSR count). The molecule has 0 aliphatic carbocycles. The van der Waals surface area contributed by atoms with Gasteiger partial charge in [-0.15, -0.1) is 0 Å². The van der Waals surface area contributed by atoms with Crippen molar-refractivity contribution in [3.8, 4) is 5.75 Å². The van der Waals surface area contributed by atoms with Crippen LogP contribution in [0.3, 0.4) is 0 Å². The number of rotatable bonds is 4. The molecular weight excluding hydrogens is 198 g/mol. The Kier molecular flexibility index (Phi) is 3.49. The van der Waals surface area contributed by atoms with Crippen LogP contribution in [0.2, 0.25) is 0 Å². The molecular formula is C14H21NO. The monoisotopic (exact) mass is 219 g/mol. The summed E-state index contributed by atoms with van der Waals surface area (Å²) >= 11 is 0. The number of benzene rings is 1. The van der Waals surface area contributed by atoms with Crippen molar-refractivity contribution < 1.29 is 4.74 Å². The van der Waals surface area contributed by atoms with Crippen LogP contribution in [0, 0.1) is 5.92 Å². The molecule has 2 atom stereocenters. The first-order chi connectivity index (χ1) is 7.70. The normalized spacial score (nSPS) is 17.7. The highest BCUT2D eigenvalue weighted by Crippen LogP contribution is 2.29. The quantitative estimate of drug-likeness (QED) is 0.844. The molecule has 2 nitrogen and oxygen atoms in total. The van der Waals surface area contributed by atoms with Gasteiger partial charge < -0.3 is 10.5 Å². The Hall–Kier alpha value is -1.02. The molecule has 1 aromatic rings. The highest BCUT2D eigenvalue weighted by atomic mass is 16.5. The van der Waals surface area contributed by atoms with E-state index in [1.807, 2.05) is 0 Å². The molecule has 0 radical (unpaired) electrons.